The van der Waals surface area contributed by atoms with Gasteiger partial charge in [-0.1, -0.05) is 44.2 Å². The van der Waals surface area contributed by atoms with Crippen molar-refractivity contribution < 1.29 is 9.53 Å². The van der Waals surface area contributed by atoms with Crippen molar-refractivity contribution >= 4 is 22.4 Å². The van der Waals surface area contributed by atoms with Crippen LogP contribution in [0.4, 0.5) is 5.13 Å². The van der Waals surface area contributed by atoms with Crippen LogP contribution in [0, 0.1) is 0 Å². The number of carbonyl (C=O) groups is 1. The molecule has 0 aliphatic carbocycles. The highest BCUT2D eigenvalue weighted by Crippen LogP contribution is 2.28. The minimum absolute atomic E-state index is 0.0795. The molecule has 5 nitrogen and oxygen atoms in total. The van der Waals surface area contributed by atoms with Crippen molar-refractivity contribution in [3.05, 3.63) is 34.8 Å². The van der Waals surface area contributed by atoms with Gasteiger partial charge in [0.2, 0.25) is 5.13 Å². The van der Waals surface area contributed by atoms with Crippen molar-refractivity contribution in [2.75, 3.05) is 11.9 Å². The summed E-state index contributed by atoms with van der Waals surface area (Å²) in [6, 6.07) is 7.15. The van der Waals surface area contributed by atoms with E-state index in [1.807, 2.05) is 13.0 Å². The maximum atomic E-state index is 12.3. The molecule has 0 aliphatic rings. The zero-order valence-electron chi connectivity index (χ0n) is 12.6. The molecule has 0 fully saturated rings. The minimum atomic E-state index is -0.240. The van der Waals surface area contributed by atoms with Gasteiger partial charge in [0, 0.05) is 5.41 Å². The summed E-state index contributed by atoms with van der Waals surface area (Å²) in [5, 5.41) is 12.3. The number of rotatable bonds is 4. The van der Waals surface area contributed by atoms with Gasteiger partial charge in [-0.15, -0.1) is 10.2 Å². The molecule has 6 heteroatoms. The molecule has 21 heavy (non-hydrogen) atoms. The van der Waals surface area contributed by atoms with Crippen LogP contribution in [0.5, 0.6) is 5.75 Å². The number of hydrogen-bond acceptors (Lipinski definition) is 5. The first-order chi connectivity index (χ1) is 9.91. The van der Waals surface area contributed by atoms with Crippen LogP contribution >= 0.6 is 11.3 Å². The third-order valence-corrected chi connectivity index (χ3v) is 3.98. The molecule has 112 valence electrons. The van der Waals surface area contributed by atoms with Gasteiger partial charge in [0.25, 0.3) is 5.91 Å². The van der Waals surface area contributed by atoms with Crippen LogP contribution in [0.3, 0.4) is 0 Å². The molecule has 2 aromatic rings. The maximum absolute atomic E-state index is 12.3. The highest BCUT2D eigenvalue weighted by atomic mass is 32.1. The Hall–Kier alpha value is -1.95. The van der Waals surface area contributed by atoms with Crippen molar-refractivity contribution in [3.63, 3.8) is 0 Å². The van der Waals surface area contributed by atoms with E-state index in [1.54, 1.807) is 18.2 Å². The van der Waals surface area contributed by atoms with Crippen molar-refractivity contribution in [1.29, 1.82) is 0 Å². The summed E-state index contributed by atoms with van der Waals surface area (Å²) in [4.78, 5) is 12.3. The number of nitrogens with one attached hydrogen (secondary N) is 1. The van der Waals surface area contributed by atoms with E-state index in [2.05, 4.69) is 36.3 Å². The van der Waals surface area contributed by atoms with E-state index in [4.69, 9.17) is 4.74 Å². The zero-order chi connectivity index (χ0) is 15.5. The Kier molecular flexibility index (Phi) is 4.57. The number of benzene rings is 1. The lowest BCUT2D eigenvalue weighted by molar-refractivity contribution is 0.102. The van der Waals surface area contributed by atoms with E-state index >= 15 is 0 Å². The van der Waals surface area contributed by atoms with E-state index in [0.29, 0.717) is 23.1 Å². The van der Waals surface area contributed by atoms with Crippen LogP contribution in [0.15, 0.2) is 24.3 Å². The van der Waals surface area contributed by atoms with Gasteiger partial charge in [-0.25, -0.2) is 0 Å². The van der Waals surface area contributed by atoms with Crippen molar-refractivity contribution in [1.82, 2.24) is 10.2 Å². The maximum Gasteiger partial charge on any atom is 0.261 e. The Balaban J connectivity index is 2.17. The van der Waals surface area contributed by atoms with Gasteiger partial charge in [0.05, 0.1) is 12.2 Å². The first-order valence-corrected chi connectivity index (χ1v) is 7.60. The molecule has 0 aliphatic heterocycles. The Morgan fingerprint density at radius 2 is 2.00 bits per heavy atom. The van der Waals surface area contributed by atoms with Crippen molar-refractivity contribution in [2.45, 2.75) is 33.1 Å². The lowest BCUT2D eigenvalue weighted by atomic mass is 9.98. The molecule has 0 saturated carbocycles. The molecule has 0 spiro atoms. The molecule has 1 aromatic carbocycles. The van der Waals surface area contributed by atoms with Crippen LogP contribution in [0.1, 0.15) is 43.1 Å². The third-order valence-electron chi connectivity index (χ3n) is 2.72. The summed E-state index contributed by atoms with van der Waals surface area (Å²) in [7, 11) is 0. The molecule has 0 radical (unpaired) electrons. The fourth-order valence-electron chi connectivity index (χ4n) is 1.68. The predicted molar refractivity (Wildman–Crippen MR) is 84.2 cm³/mol. The second kappa shape index (κ2) is 6.22. The highest BCUT2D eigenvalue weighted by molar-refractivity contribution is 7.15. The lowest BCUT2D eigenvalue weighted by Gasteiger charge is -2.12. The molecular formula is C15H19N3O2S. The number of nitrogens with zero attached hydrogens (tertiary/aromatic N) is 2. The monoisotopic (exact) mass is 305 g/mol. The first-order valence-electron chi connectivity index (χ1n) is 6.79. The van der Waals surface area contributed by atoms with Crippen LogP contribution in [0.25, 0.3) is 0 Å². The summed E-state index contributed by atoms with van der Waals surface area (Å²) in [5.74, 6) is 0.328. The molecule has 2 rings (SSSR count). The standard InChI is InChI=1S/C15H19N3O2S/c1-5-20-11-9-7-6-8-10(11)12(19)16-14-18-17-13(21-14)15(2,3)4/h6-9H,5H2,1-4H3,(H,16,18,19). The molecule has 0 bridgehead atoms. The van der Waals surface area contributed by atoms with E-state index < -0.39 is 0 Å². The third kappa shape index (κ3) is 3.78. The Labute approximate surface area is 128 Å². The van der Waals surface area contributed by atoms with Gasteiger partial charge < -0.3 is 4.74 Å². The van der Waals surface area contributed by atoms with Crippen molar-refractivity contribution in [3.8, 4) is 5.75 Å². The average molecular weight is 305 g/mol. The summed E-state index contributed by atoms with van der Waals surface area (Å²) < 4.78 is 5.46. The quantitative estimate of drug-likeness (QED) is 0.939. The van der Waals surface area contributed by atoms with Gasteiger partial charge in [-0.05, 0) is 19.1 Å². The molecule has 1 amide bonds. The van der Waals surface area contributed by atoms with Crippen molar-refractivity contribution in [2.24, 2.45) is 0 Å². The van der Waals surface area contributed by atoms with Crippen LogP contribution in [-0.4, -0.2) is 22.7 Å². The number of hydrogen-bond donors (Lipinski definition) is 1. The van der Waals surface area contributed by atoms with Gasteiger partial charge in [-0.3, -0.25) is 10.1 Å². The van der Waals surface area contributed by atoms with Gasteiger partial charge in [-0.2, -0.15) is 0 Å². The Morgan fingerprint density at radius 1 is 1.29 bits per heavy atom. The van der Waals surface area contributed by atoms with Crippen LogP contribution < -0.4 is 10.1 Å². The molecule has 1 N–H and O–H groups in total. The summed E-state index contributed by atoms with van der Waals surface area (Å²) in [5.41, 5.74) is 0.413. The summed E-state index contributed by atoms with van der Waals surface area (Å²) in [6.45, 7) is 8.57. The molecule has 1 aromatic heterocycles. The molecule has 0 atom stereocenters. The summed E-state index contributed by atoms with van der Waals surface area (Å²) >= 11 is 1.39. The summed E-state index contributed by atoms with van der Waals surface area (Å²) in [6.07, 6.45) is 0. The van der Waals surface area contributed by atoms with Gasteiger partial charge in [0.15, 0.2) is 0 Å². The molecular weight excluding hydrogens is 286 g/mol. The van der Waals surface area contributed by atoms with E-state index in [0.717, 1.165) is 5.01 Å². The minimum Gasteiger partial charge on any atom is -0.493 e. The topological polar surface area (TPSA) is 64.1 Å². The number of carbonyl (C=O) groups excluding carboxylic acids is 1. The van der Waals surface area contributed by atoms with Crippen LogP contribution in [0.2, 0.25) is 0 Å². The normalized spacial score (nSPS) is 11.2. The van der Waals surface area contributed by atoms with Crippen LogP contribution in [-0.2, 0) is 5.41 Å². The van der Waals surface area contributed by atoms with Gasteiger partial charge in [0.1, 0.15) is 10.8 Å². The second-order valence-corrected chi connectivity index (χ2v) is 6.52. The molecule has 0 unspecified atom stereocenters. The van der Waals surface area contributed by atoms with E-state index in [1.165, 1.54) is 11.3 Å². The number of aromatic nitrogens is 2. The van der Waals surface area contributed by atoms with Gasteiger partial charge >= 0.3 is 0 Å². The largest absolute Gasteiger partial charge is 0.493 e. The molecule has 0 saturated heterocycles. The highest BCUT2D eigenvalue weighted by Gasteiger charge is 2.21. The molecule has 1 heterocycles. The predicted octanol–water partition coefficient (Wildman–Crippen LogP) is 3.49. The Bertz CT molecular complexity index is 632. The number of amides is 1. The fraction of sp³-hybridized carbons (Fsp3) is 0.400. The zero-order valence-corrected chi connectivity index (χ0v) is 13.5. The number of anilines is 1. The number of ether oxygens (including phenoxy) is 1. The average Bonchev–Trinajstić information content (AvgIpc) is 2.88. The fourth-order valence-corrected chi connectivity index (χ4v) is 2.47. The van der Waals surface area contributed by atoms with E-state index in [9.17, 15) is 4.79 Å². The number of para-hydroxylation sites is 1. The lowest BCUT2D eigenvalue weighted by Crippen LogP contribution is -2.13. The second-order valence-electron chi connectivity index (χ2n) is 5.55. The van der Waals surface area contributed by atoms with E-state index in [-0.39, 0.29) is 11.3 Å². The Morgan fingerprint density at radius 3 is 2.62 bits per heavy atom. The SMILES string of the molecule is CCOc1ccccc1C(=O)Nc1nnc(C(C)(C)C)s1. The first kappa shape index (κ1) is 15.4. The smallest absolute Gasteiger partial charge is 0.261 e.